The van der Waals surface area contributed by atoms with Crippen LogP contribution in [0.25, 0.3) is 10.9 Å². The third-order valence-corrected chi connectivity index (χ3v) is 7.12. The fourth-order valence-electron chi connectivity index (χ4n) is 3.91. The molecule has 1 aliphatic rings. The van der Waals surface area contributed by atoms with E-state index in [2.05, 4.69) is 24.1 Å². The van der Waals surface area contributed by atoms with Gasteiger partial charge in [0, 0.05) is 13.2 Å². The summed E-state index contributed by atoms with van der Waals surface area (Å²) in [6.07, 6.45) is 3.41. The van der Waals surface area contributed by atoms with Crippen molar-refractivity contribution in [2.24, 2.45) is 11.8 Å². The van der Waals surface area contributed by atoms with E-state index in [1.165, 1.54) is 18.2 Å². The van der Waals surface area contributed by atoms with Crippen LogP contribution in [-0.4, -0.2) is 40.5 Å². The van der Waals surface area contributed by atoms with Gasteiger partial charge in [-0.1, -0.05) is 50.6 Å². The summed E-state index contributed by atoms with van der Waals surface area (Å²) in [4.78, 5) is 30.5. The smallest absolute Gasteiger partial charge is 0.262 e. The van der Waals surface area contributed by atoms with E-state index in [1.807, 2.05) is 25.1 Å². The van der Waals surface area contributed by atoms with Crippen LogP contribution >= 0.6 is 11.8 Å². The first-order chi connectivity index (χ1) is 13.9. The molecule has 3 rings (SSSR count). The molecule has 0 bridgehead atoms. The SMILES string of the molecule is COCCn1c(SC(C)C(=O)NC2CCCC(C)C2C)nc2ccccc2c1=O. The van der Waals surface area contributed by atoms with Crippen molar-refractivity contribution < 1.29 is 9.53 Å². The lowest BCUT2D eigenvalue weighted by atomic mass is 9.78. The van der Waals surface area contributed by atoms with E-state index in [9.17, 15) is 9.59 Å². The number of amides is 1. The zero-order valence-electron chi connectivity index (χ0n) is 17.7. The van der Waals surface area contributed by atoms with Crippen molar-refractivity contribution in [3.8, 4) is 0 Å². The van der Waals surface area contributed by atoms with Gasteiger partial charge in [-0.05, 0) is 37.3 Å². The molecular formula is C22H31N3O3S. The number of fused-ring (bicyclic) bond motifs is 1. The van der Waals surface area contributed by atoms with Crippen LogP contribution in [0.15, 0.2) is 34.2 Å². The van der Waals surface area contributed by atoms with Crippen molar-refractivity contribution in [3.63, 3.8) is 0 Å². The molecule has 1 aromatic carbocycles. The number of benzene rings is 1. The quantitative estimate of drug-likeness (QED) is 0.552. The van der Waals surface area contributed by atoms with Gasteiger partial charge in [-0.3, -0.25) is 14.2 Å². The molecule has 1 N–H and O–H groups in total. The summed E-state index contributed by atoms with van der Waals surface area (Å²) in [6, 6.07) is 7.53. The highest BCUT2D eigenvalue weighted by molar-refractivity contribution is 8.00. The van der Waals surface area contributed by atoms with E-state index in [0.717, 1.165) is 12.8 Å². The summed E-state index contributed by atoms with van der Waals surface area (Å²) in [7, 11) is 1.61. The summed E-state index contributed by atoms with van der Waals surface area (Å²) >= 11 is 1.33. The molecule has 1 heterocycles. The fourth-order valence-corrected chi connectivity index (χ4v) is 4.86. The maximum absolute atomic E-state index is 13.0. The van der Waals surface area contributed by atoms with Crippen molar-refractivity contribution in [3.05, 3.63) is 34.6 Å². The van der Waals surface area contributed by atoms with Gasteiger partial charge in [-0.25, -0.2) is 4.98 Å². The monoisotopic (exact) mass is 417 g/mol. The lowest BCUT2D eigenvalue weighted by molar-refractivity contribution is -0.121. The van der Waals surface area contributed by atoms with Gasteiger partial charge >= 0.3 is 0 Å². The lowest BCUT2D eigenvalue weighted by Gasteiger charge is -2.35. The molecule has 2 aromatic rings. The number of aromatic nitrogens is 2. The average molecular weight is 418 g/mol. The first-order valence-electron chi connectivity index (χ1n) is 10.4. The largest absolute Gasteiger partial charge is 0.383 e. The maximum Gasteiger partial charge on any atom is 0.262 e. The number of hydrogen-bond acceptors (Lipinski definition) is 5. The molecule has 1 fully saturated rings. The molecule has 1 saturated carbocycles. The fraction of sp³-hybridized carbons (Fsp3) is 0.591. The minimum atomic E-state index is -0.346. The number of hydrogen-bond donors (Lipinski definition) is 1. The molecule has 7 heteroatoms. The van der Waals surface area contributed by atoms with Gasteiger partial charge in [0.2, 0.25) is 5.91 Å². The van der Waals surface area contributed by atoms with Gasteiger partial charge in [-0.2, -0.15) is 0 Å². The molecule has 0 spiro atoms. The topological polar surface area (TPSA) is 73.2 Å². The minimum absolute atomic E-state index is 0.00153. The van der Waals surface area contributed by atoms with Gasteiger partial charge in [0.1, 0.15) is 0 Å². The van der Waals surface area contributed by atoms with Crippen LogP contribution in [0.4, 0.5) is 0 Å². The Bertz CT molecular complexity index is 914. The normalized spacial score (nSPS) is 23.1. The van der Waals surface area contributed by atoms with Crippen molar-refractivity contribution in [2.75, 3.05) is 13.7 Å². The molecule has 0 aliphatic heterocycles. The van der Waals surface area contributed by atoms with Crippen molar-refractivity contribution in [1.29, 1.82) is 0 Å². The van der Waals surface area contributed by atoms with E-state index >= 15 is 0 Å². The third kappa shape index (κ3) is 5.01. The number of thioether (sulfide) groups is 1. The summed E-state index contributed by atoms with van der Waals surface area (Å²) < 4.78 is 6.78. The number of nitrogens with one attached hydrogen (secondary N) is 1. The highest BCUT2D eigenvalue weighted by atomic mass is 32.2. The highest BCUT2D eigenvalue weighted by Gasteiger charge is 2.30. The van der Waals surface area contributed by atoms with Gasteiger partial charge in [0.15, 0.2) is 5.16 Å². The first kappa shape index (κ1) is 21.8. The highest BCUT2D eigenvalue weighted by Crippen LogP contribution is 2.30. The van der Waals surface area contributed by atoms with Crippen LogP contribution in [0.5, 0.6) is 0 Å². The standard InChI is InChI=1S/C22H31N3O3S/c1-14-8-7-11-18(15(14)2)23-20(26)16(3)29-22-24-19-10-6-5-9-17(19)21(27)25(22)12-13-28-4/h5-6,9-10,14-16,18H,7-8,11-13H2,1-4H3,(H,23,26). The Morgan fingerprint density at radius 2 is 2.10 bits per heavy atom. The zero-order valence-corrected chi connectivity index (χ0v) is 18.5. The first-order valence-corrected chi connectivity index (χ1v) is 11.3. The van der Waals surface area contributed by atoms with E-state index < -0.39 is 0 Å². The molecule has 4 unspecified atom stereocenters. The van der Waals surface area contributed by atoms with Crippen molar-refractivity contribution in [2.45, 2.75) is 63.0 Å². The number of methoxy groups -OCH3 is 1. The Morgan fingerprint density at radius 3 is 2.86 bits per heavy atom. The number of ether oxygens (including phenoxy) is 1. The number of rotatable bonds is 7. The second-order valence-electron chi connectivity index (χ2n) is 8.00. The zero-order chi connectivity index (χ0) is 21.0. The van der Waals surface area contributed by atoms with Crippen LogP contribution < -0.4 is 10.9 Å². The molecule has 1 aromatic heterocycles. The molecule has 6 nitrogen and oxygen atoms in total. The average Bonchev–Trinajstić information content (AvgIpc) is 2.71. The summed E-state index contributed by atoms with van der Waals surface area (Å²) in [5.41, 5.74) is 0.550. The summed E-state index contributed by atoms with van der Waals surface area (Å²) in [5.74, 6) is 1.10. The summed E-state index contributed by atoms with van der Waals surface area (Å²) in [6.45, 7) is 7.17. The second-order valence-corrected chi connectivity index (χ2v) is 9.31. The molecule has 158 valence electrons. The molecular weight excluding hydrogens is 386 g/mol. The van der Waals surface area contributed by atoms with E-state index in [0.29, 0.717) is 41.0 Å². The molecule has 0 radical (unpaired) electrons. The molecule has 29 heavy (non-hydrogen) atoms. The van der Waals surface area contributed by atoms with Crippen LogP contribution in [0.2, 0.25) is 0 Å². The molecule has 0 saturated heterocycles. The predicted octanol–water partition coefficient (Wildman–Crippen LogP) is 3.46. The van der Waals surface area contributed by atoms with Crippen molar-refractivity contribution in [1.82, 2.24) is 14.9 Å². The second kappa shape index (κ2) is 9.76. The molecule has 1 amide bonds. The Balaban J connectivity index is 1.80. The van der Waals surface area contributed by atoms with Crippen LogP contribution in [0.1, 0.15) is 40.0 Å². The van der Waals surface area contributed by atoms with Gasteiger partial charge in [-0.15, -0.1) is 0 Å². The van der Waals surface area contributed by atoms with Gasteiger partial charge < -0.3 is 10.1 Å². The Kier molecular flexibility index (Phi) is 7.35. The van der Waals surface area contributed by atoms with Crippen LogP contribution in [0, 0.1) is 11.8 Å². The molecule has 1 aliphatic carbocycles. The predicted molar refractivity (Wildman–Crippen MR) is 117 cm³/mol. The van der Waals surface area contributed by atoms with Crippen molar-refractivity contribution >= 4 is 28.6 Å². The Hall–Kier alpha value is -1.86. The summed E-state index contributed by atoms with van der Waals surface area (Å²) in [5, 5.41) is 4.02. The van der Waals surface area contributed by atoms with Crippen LogP contribution in [0.3, 0.4) is 0 Å². The molecule has 4 atom stereocenters. The minimum Gasteiger partial charge on any atom is -0.383 e. The number of carbonyl (C=O) groups excluding carboxylic acids is 1. The third-order valence-electron chi connectivity index (χ3n) is 6.03. The Labute approximate surface area is 176 Å². The number of carbonyl (C=O) groups is 1. The van der Waals surface area contributed by atoms with E-state index in [-0.39, 0.29) is 22.8 Å². The maximum atomic E-state index is 13.0. The van der Waals surface area contributed by atoms with Crippen LogP contribution in [-0.2, 0) is 16.1 Å². The van der Waals surface area contributed by atoms with Gasteiger partial charge in [0.25, 0.3) is 5.56 Å². The van der Waals surface area contributed by atoms with E-state index in [1.54, 1.807) is 17.7 Å². The van der Waals surface area contributed by atoms with Gasteiger partial charge in [0.05, 0.1) is 29.3 Å². The Morgan fingerprint density at radius 1 is 1.34 bits per heavy atom. The lowest BCUT2D eigenvalue weighted by Crippen LogP contribution is -2.46. The number of para-hydroxylation sites is 1. The number of nitrogens with zero attached hydrogens (tertiary/aromatic N) is 2. The van der Waals surface area contributed by atoms with E-state index in [4.69, 9.17) is 4.74 Å².